The average molecular weight is 411 g/mol. The quantitative estimate of drug-likeness (QED) is 0.548. The van der Waals surface area contributed by atoms with Crippen molar-refractivity contribution in [2.45, 2.75) is 47.7 Å². The number of hydrogen-bond donors (Lipinski definition) is 1. The first-order valence-electron chi connectivity index (χ1n) is 9.26. The van der Waals surface area contributed by atoms with E-state index in [1.54, 1.807) is 18.1 Å². The highest BCUT2D eigenvalue weighted by Gasteiger charge is 2.26. The molecule has 0 bridgehead atoms. The number of benzene rings is 2. The van der Waals surface area contributed by atoms with Crippen molar-refractivity contribution in [3.8, 4) is 0 Å². The predicted octanol–water partition coefficient (Wildman–Crippen LogP) is 5.11. The molecule has 1 amide bonds. The Morgan fingerprint density at radius 1 is 1.18 bits per heavy atom. The van der Waals surface area contributed by atoms with Crippen LogP contribution in [-0.2, 0) is 4.79 Å². The number of nitrogens with zero attached hydrogens (tertiary/aromatic N) is 3. The number of carbonyl (C=O) groups excluding carboxylic acids is 1. The van der Waals surface area contributed by atoms with Crippen LogP contribution in [0.25, 0.3) is 0 Å². The third-order valence-corrected chi connectivity index (χ3v) is 6.65. The summed E-state index contributed by atoms with van der Waals surface area (Å²) < 4.78 is 2.07. The summed E-state index contributed by atoms with van der Waals surface area (Å²) in [6.45, 7) is 4.23. The highest BCUT2D eigenvalue weighted by molar-refractivity contribution is 7.99. The molecule has 0 spiro atoms. The van der Waals surface area contributed by atoms with E-state index in [0.29, 0.717) is 11.8 Å². The third-order valence-electron chi connectivity index (χ3n) is 4.52. The lowest BCUT2D eigenvalue weighted by Gasteiger charge is -2.09. The Balaban J connectivity index is 1.31. The molecule has 2 aromatic carbocycles. The van der Waals surface area contributed by atoms with Gasteiger partial charge < -0.3 is 9.88 Å². The van der Waals surface area contributed by atoms with Gasteiger partial charge in [-0.2, -0.15) is 0 Å². The first-order valence-corrected chi connectivity index (χ1v) is 11.1. The van der Waals surface area contributed by atoms with E-state index in [1.165, 1.54) is 40.6 Å². The summed E-state index contributed by atoms with van der Waals surface area (Å²) in [5.74, 6) is 0.287. The zero-order valence-corrected chi connectivity index (χ0v) is 17.5. The van der Waals surface area contributed by atoms with Crippen molar-refractivity contribution in [3.05, 3.63) is 59.9 Å². The lowest BCUT2D eigenvalue weighted by atomic mass is 10.2. The Bertz CT molecular complexity index is 980. The number of aryl methyl sites for hydroxylation is 2. The highest BCUT2D eigenvalue weighted by Crippen LogP contribution is 2.37. The zero-order chi connectivity index (χ0) is 19.5. The molecule has 1 aromatic heterocycles. The monoisotopic (exact) mass is 410 g/mol. The van der Waals surface area contributed by atoms with Crippen LogP contribution in [0, 0.1) is 13.8 Å². The number of thioether (sulfide) groups is 1. The van der Waals surface area contributed by atoms with Gasteiger partial charge in [-0.15, -0.1) is 10.2 Å². The predicted molar refractivity (Wildman–Crippen MR) is 114 cm³/mol. The molecule has 4 rings (SSSR count). The van der Waals surface area contributed by atoms with E-state index in [2.05, 4.69) is 52.1 Å². The maximum atomic E-state index is 12.3. The van der Waals surface area contributed by atoms with Crippen molar-refractivity contribution in [2.24, 2.45) is 0 Å². The van der Waals surface area contributed by atoms with Crippen LogP contribution in [0.3, 0.4) is 0 Å². The van der Waals surface area contributed by atoms with E-state index in [4.69, 9.17) is 0 Å². The zero-order valence-electron chi connectivity index (χ0n) is 15.9. The fourth-order valence-corrected chi connectivity index (χ4v) is 4.60. The van der Waals surface area contributed by atoms with Gasteiger partial charge in [-0.1, -0.05) is 35.7 Å². The van der Waals surface area contributed by atoms with Gasteiger partial charge in [0.05, 0.1) is 5.75 Å². The second kappa shape index (κ2) is 8.41. The van der Waals surface area contributed by atoms with Crippen LogP contribution in [0.4, 0.5) is 5.69 Å². The summed E-state index contributed by atoms with van der Waals surface area (Å²) in [4.78, 5) is 14.7. The molecular weight excluding hydrogens is 388 g/mol. The van der Waals surface area contributed by atoms with Crippen LogP contribution in [0.15, 0.2) is 63.7 Å². The molecule has 1 aliphatic rings. The summed E-state index contributed by atoms with van der Waals surface area (Å²) in [5.41, 5.74) is 3.33. The molecule has 1 N–H and O–H groups in total. The third kappa shape index (κ3) is 4.77. The molecule has 144 valence electrons. The van der Waals surface area contributed by atoms with Crippen molar-refractivity contribution in [3.63, 3.8) is 0 Å². The topological polar surface area (TPSA) is 59.8 Å². The van der Waals surface area contributed by atoms with Gasteiger partial charge in [0.25, 0.3) is 0 Å². The Kier molecular flexibility index (Phi) is 5.73. The van der Waals surface area contributed by atoms with Gasteiger partial charge >= 0.3 is 0 Å². The molecule has 0 unspecified atom stereocenters. The van der Waals surface area contributed by atoms with Gasteiger partial charge in [-0.3, -0.25) is 4.79 Å². The normalized spacial score (nSPS) is 13.5. The molecule has 1 fully saturated rings. The number of aromatic nitrogens is 3. The molecule has 28 heavy (non-hydrogen) atoms. The Labute approximate surface area is 173 Å². The molecule has 0 aliphatic heterocycles. The van der Waals surface area contributed by atoms with Crippen LogP contribution in [0.1, 0.15) is 30.0 Å². The Hall–Kier alpha value is -2.25. The standard InChI is InChI=1S/C21H22N4OS2/c1-14-3-4-15(2)19(11-14)28-18-9-5-16(6-10-18)23-20(26)12-27-21-24-22-13-25(21)17-7-8-17/h3-6,9-11,13,17H,7-8,12H2,1-2H3,(H,23,26). The molecule has 0 saturated heterocycles. The van der Waals surface area contributed by atoms with Gasteiger partial charge in [0.15, 0.2) is 5.16 Å². The molecule has 5 nitrogen and oxygen atoms in total. The van der Waals surface area contributed by atoms with Gasteiger partial charge in [0.2, 0.25) is 5.91 Å². The number of carbonyl (C=O) groups is 1. The van der Waals surface area contributed by atoms with E-state index < -0.39 is 0 Å². The van der Waals surface area contributed by atoms with Crippen LogP contribution < -0.4 is 5.32 Å². The summed E-state index contributed by atoms with van der Waals surface area (Å²) in [6.07, 6.45) is 4.10. The first kappa shape index (κ1) is 19.1. The van der Waals surface area contributed by atoms with Gasteiger partial charge in [-0.05, 0) is 68.1 Å². The van der Waals surface area contributed by atoms with Gasteiger partial charge in [-0.25, -0.2) is 0 Å². The lowest BCUT2D eigenvalue weighted by molar-refractivity contribution is -0.113. The Morgan fingerprint density at radius 3 is 2.71 bits per heavy atom. The summed E-state index contributed by atoms with van der Waals surface area (Å²) in [6, 6.07) is 15.0. The minimum Gasteiger partial charge on any atom is -0.325 e. The summed E-state index contributed by atoms with van der Waals surface area (Å²) in [5, 5.41) is 11.8. The fourth-order valence-electron chi connectivity index (χ4n) is 2.82. The number of rotatable bonds is 7. The summed E-state index contributed by atoms with van der Waals surface area (Å²) in [7, 11) is 0. The van der Waals surface area contributed by atoms with E-state index in [1.807, 2.05) is 24.3 Å². The number of amides is 1. The van der Waals surface area contributed by atoms with Crippen molar-refractivity contribution in [2.75, 3.05) is 11.1 Å². The minimum absolute atomic E-state index is 0.0368. The molecular formula is C21H22N4OS2. The molecule has 0 radical (unpaired) electrons. The van der Waals surface area contributed by atoms with Crippen LogP contribution in [0.2, 0.25) is 0 Å². The highest BCUT2D eigenvalue weighted by atomic mass is 32.2. The van der Waals surface area contributed by atoms with Crippen molar-refractivity contribution in [1.29, 1.82) is 0 Å². The van der Waals surface area contributed by atoms with Crippen LogP contribution in [0.5, 0.6) is 0 Å². The number of anilines is 1. The largest absolute Gasteiger partial charge is 0.325 e. The van der Waals surface area contributed by atoms with Crippen LogP contribution >= 0.6 is 23.5 Å². The molecule has 3 aromatic rings. The first-order chi connectivity index (χ1) is 13.6. The van der Waals surface area contributed by atoms with E-state index in [0.717, 1.165) is 15.7 Å². The SMILES string of the molecule is Cc1ccc(C)c(Sc2ccc(NC(=O)CSc3nncn3C3CC3)cc2)c1. The second-order valence-corrected chi connectivity index (χ2v) is 9.04. The van der Waals surface area contributed by atoms with Crippen molar-refractivity contribution < 1.29 is 4.79 Å². The molecule has 1 saturated carbocycles. The van der Waals surface area contributed by atoms with Gasteiger partial charge in [0.1, 0.15) is 6.33 Å². The van der Waals surface area contributed by atoms with Crippen molar-refractivity contribution in [1.82, 2.24) is 14.8 Å². The molecule has 7 heteroatoms. The number of hydrogen-bond acceptors (Lipinski definition) is 5. The second-order valence-electron chi connectivity index (χ2n) is 6.98. The van der Waals surface area contributed by atoms with Crippen LogP contribution in [-0.4, -0.2) is 26.4 Å². The smallest absolute Gasteiger partial charge is 0.234 e. The Morgan fingerprint density at radius 2 is 1.96 bits per heavy atom. The minimum atomic E-state index is -0.0368. The van der Waals surface area contributed by atoms with E-state index in [-0.39, 0.29) is 5.91 Å². The number of nitrogens with one attached hydrogen (secondary N) is 1. The maximum absolute atomic E-state index is 12.3. The maximum Gasteiger partial charge on any atom is 0.234 e. The fraction of sp³-hybridized carbons (Fsp3) is 0.286. The summed E-state index contributed by atoms with van der Waals surface area (Å²) >= 11 is 3.17. The van der Waals surface area contributed by atoms with Gasteiger partial charge in [0, 0.05) is 21.5 Å². The molecule has 0 atom stereocenters. The van der Waals surface area contributed by atoms with E-state index in [9.17, 15) is 4.79 Å². The van der Waals surface area contributed by atoms with E-state index >= 15 is 0 Å². The lowest BCUT2D eigenvalue weighted by Crippen LogP contribution is -2.14. The van der Waals surface area contributed by atoms with Crippen molar-refractivity contribution >= 4 is 35.1 Å². The molecule has 1 heterocycles. The average Bonchev–Trinajstić information content (AvgIpc) is 3.42. The molecule has 1 aliphatic carbocycles.